The molecule has 1 aromatic carbocycles. The maximum Gasteiger partial charge on any atom is 0.325 e. The Morgan fingerprint density at radius 1 is 1.13 bits per heavy atom. The number of hydrogen-bond acceptors (Lipinski definition) is 3. The average molecular weight is 317 g/mol. The molecule has 0 aromatic heterocycles. The monoisotopic (exact) mass is 317 g/mol. The molecular weight excluding hydrogens is 290 g/mol. The fourth-order valence-electron chi connectivity index (χ4n) is 3.27. The van der Waals surface area contributed by atoms with Gasteiger partial charge in [0.2, 0.25) is 5.91 Å². The van der Waals surface area contributed by atoms with Crippen molar-refractivity contribution in [1.82, 2.24) is 10.2 Å². The van der Waals surface area contributed by atoms with Crippen LogP contribution in [-0.4, -0.2) is 36.5 Å². The summed E-state index contributed by atoms with van der Waals surface area (Å²) in [4.78, 5) is 26.1. The van der Waals surface area contributed by atoms with Crippen LogP contribution in [-0.2, 0) is 4.79 Å². The fraction of sp³-hybridized carbons (Fsp3) is 0.556. The molecule has 0 bridgehead atoms. The second-order valence-corrected chi connectivity index (χ2v) is 6.94. The summed E-state index contributed by atoms with van der Waals surface area (Å²) < 4.78 is 0. The third kappa shape index (κ3) is 5.36. The zero-order valence-electron chi connectivity index (χ0n) is 14.5. The summed E-state index contributed by atoms with van der Waals surface area (Å²) in [5, 5.41) is 5.12. The van der Waals surface area contributed by atoms with Crippen LogP contribution in [0.1, 0.15) is 31.4 Å². The van der Waals surface area contributed by atoms with Gasteiger partial charge in [-0.25, -0.2) is 4.79 Å². The average Bonchev–Trinajstić information content (AvgIpc) is 2.41. The van der Waals surface area contributed by atoms with E-state index in [2.05, 4.69) is 29.4 Å². The largest absolute Gasteiger partial charge is 0.325 e. The van der Waals surface area contributed by atoms with Gasteiger partial charge in [-0.3, -0.25) is 15.0 Å². The van der Waals surface area contributed by atoms with Gasteiger partial charge in [0.05, 0.1) is 6.54 Å². The first kappa shape index (κ1) is 17.5. The van der Waals surface area contributed by atoms with Crippen molar-refractivity contribution in [3.63, 3.8) is 0 Å². The lowest BCUT2D eigenvalue weighted by molar-refractivity contribution is -0.121. The van der Waals surface area contributed by atoms with Crippen LogP contribution in [0, 0.1) is 25.7 Å². The zero-order chi connectivity index (χ0) is 17.0. The van der Waals surface area contributed by atoms with Crippen LogP contribution in [0.15, 0.2) is 18.2 Å². The Hall–Kier alpha value is -1.88. The number of amides is 3. The smallest absolute Gasteiger partial charge is 0.308 e. The van der Waals surface area contributed by atoms with Gasteiger partial charge >= 0.3 is 6.03 Å². The molecule has 0 radical (unpaired) electrons. The highest BCUT2D eigenvalue weighted by atomic mass is 16.2. The highest BCUT2D eigenvalue weighted by molar-refractivity contribution is 6.01. The van der Waals surface area contributed by atoms with E-state index >= 15 is 0 Å². The Balaban J connectivity index is 1.82. The lowest BCUT2D eigenvalue weighted by Crippen LogP contribution is -2.46. The Labute approximate surface area is 138 Å². The van der Waals surface area contributed by atoms with Gasteiger partial charge in [0.15, 0.2) is 0 Å². The standard InChI is InChI=1S/C18H27N3O2/c1-12-7-13(2)10-21(9-12)11-17(22)20-18(23)19-16-6-5-14(3)15(4)8-16/h5-6,8,12-13H,7,9-11H2,1-4H3,(H2,19,20,22,23)/t12-,13-/m1/s1. The van der Waals surface area contributed by atoms with E-state index in [0.717, 1.165) is 18.7 Å². The molecule has 2 rings (SSSR count). The number of carbonyl (C=O) groups excluding carboxylic acids is 2. The number of nitrogens with zero attached hydrogens (tertiary/aromatic N) is 1. The van der Waals surface area contributed by atoms with E-state index in [0.29, 0.717) is 17.5 Å². The van der Waals surface area contributed by atoms with Crippen molar-refractivity contribution in [2.24, 2.45) is 11.8 Å². The van der Waals surface area contributed by atoms with Crippen molar-refractivity contribution < 1.29 is 9.59 Å². The van der Waals surface area contributed by atoms with Crippen LogP contribution in [0.4, 0.5) is 10.5 Å². The third-order valence-corrected chi connectivity index (χ3v) is 4.33. The summed E-state index contributed by atoms with van der Waals surface area (Å²) in [6.45, 7) is 10.5. The first-order valence-electron chi connectivity index (χ1n) is 8.24. The maximum absolute atomic E-state index is 12.0. The molecule has 1 aliphatic rings. The number of carbonyl (C=O) groups is 2. The molecule has 0 aliphatic carbocycles. The summed E-state index contributed by atoms with van der Waals surface area (Å²) in [6, 6.07) is 5.20. The minimum atomic E-state index is -0.476. The molecule has 1 fully saturated rings. The molecule has 0 spiro atoms. The van der Waals surface area contributed by atoms with Crippen molar-refractivity contribution in [2.75, 3.05) is 25.0 Å². The van der Waals surface area contributed by atoms with Crippen molar-refractivity contribution in [2.45, 2.75) is 34.1 Å². The van der Waals surface area contributed by atoms with Gasteiger partial charge in [-0.2, -0.15) is 0 Å². The molecule has 1 aliphatic heterocycles. The molecule has 5 heteroatoms. The quantitative estimate of drug-likeness (QED) is 0.901. The third-order valence-electron chi connectivity index (χ3n) is 4.33. The Morgan fingerprint density at radius 3 is 2.39 bits per heavy atom. The fourth-order valence-corrected chi connectivity index (χ4v) is 3.27. The van der Waals surface area contributed by atoms with E-state index in [9.17, 15) is 9.59 Å². The molecule has 0 saturated carbocycles. The topological polar surface area (TPSA) is 61.4 Å². The van der Waals surface area contributed by atoms with E-state index in [1.807, 2.05) is 32.0 Å². The SMILES string of the molecule is Cc1ccc(NC(=O)NC(=O)CN2C[C@H](C)C[C@@H](C)C2)cc1C. The highest BCUT2D eigenvalue weighted by Crippen LogP contribution is 2.20. The van der Waals surface area contributed by atoms with Crippen molar-refractivity contribution in [3.05, 3.63) is 29.3 Å². The van der Waals surface area contributed by atoms with Gasteiger partial charge in [-0.05, 0) is 55.4 Å². The molecule has 23 heavy (non-hydrogen) atoms. The van der Waals surface area contributed by atoms with Gasteiger partial charge in [0.1, 0.15) is 0 Å². The van der Waals surface area contributed by atoms with Gasteiger partial charge in [0, 0.05) is 18.8 Å². The van der Waals surface area contributed by atoms with Crippen molar-refractivity contribution in [3.8, 4) is 0 Å². The molecule has 2 atom stereocenters. The number of anilines is 1. The number of likely N-dealkylation sites (tertiary alicyclic amines) is 1. The summed E-state index contributed by atoms with van der Waals surface area (Å²) in [6.07, 6.45) is 1.20. The number of piperidine rings is 1. The van der Waals surface area contributed by atoms with Gasteiger partial charge in [-0.1, -0.05) is 19.9 Å². The molecular formula is C18H27N3O2. The van der Waals surface area contributed by atoms with Crippen LogP contribution in [0.25, 0.3) is 0 Å². The molecule has 0 unspecified atom stereocenters. The second kappa shape index (κ2) is 7.59. The molecule has 2 N–H and O–H groups in total. The zero-order valence-corrected chi connectivity index (χ0v) is 14.5. The summed E-state index contributed by atoms with van der Waals surface area (Å²) >= 11 is 0. The number of imide groups is 1. The first-order chi connectivity index (χ1) is 10.8. The molecule has 3 amide bonds. The van der Waals surface area contributed by atoms with E-state index < -0.39 is 6.03 Å². The van der Waals surface area contributed by atoms with Crippen LogP contribution < -0.4 is 10.6 Å². The number of urea groups is 1. The van der Waals surface area contributed by atoms with Crippen molar-refractivity contribution in [1.29, 1.82) is 0 Å². The Kier molecular flexibility index (Phi) is 5.77. The summed E-state index contributed by atoms with van der Waals surface area (Å²) in [5.74, 6) is 0.930. The molecule has 1 aromatic rings. The first-order valence-corrected chi connectivity index (χ1v) is 8.24. The van der Waals surface area contributed by atoms with Crippen molar-refractivity contribution >= 4 is 17.6 Å². The minimum Gasteiger partial charge on any atom is -0.308 e. The summed E-state index contributed by atoms with van der Waals surface area (Å²) in [7, 11) is 0. The van der Waals surface area contributed by atoms with Crippen LogP contribution >= 0.6 is 0 Å². The van der Waals surface area contributed by atoms with Crippen LogP contribution in [0.5, 0.6) is 0 Å². The van der Waals surface area contributed by atoms with Crippen LogP contribution in [0.2, 0.25) is 0 Å². The van der Waals surface area contributed by atoms with E-state index in [1.165, 1.54) is 12.0 Å². The minimum absolute atomic E-state index is 0.257. The number of rotatable bonds is 3. The van der Waals surface area contributed by atoms with Gasteiger partial charge in [-0.15, -0.1) is 0 Å². The second-order valence-electron chi connectivity index (χ2n) is 6.94. The lowest BCUT2D eigenvalue weighted by Gasteiger charge is -2.34. The Bertz CT molecular complexity index is 576. The van der Waals surface area contributed by atoms with Gasteiger partial charge in [0.25, 0.3) is 0 Å². The highest BCUT2D eigenvalue weighted by Gasteiger charge is 2.23. The van der Waals surface area contributed by atoms with Crippen LogP contribution in [0.3, 0.4) is 0 Å². The number of nitrogens with one attached hydrogen (secondary N) is 2. The molecule has 5 nitrogen and oxygen atoms in total. The number of aryl methyl sites for hydroxylation is 2. The summed E-state index contributed by atoms with van der Waals surface area (Å²) in [5.41, 5.74) is 2.96. The van der Waals surface area contributed by atoms with Gasteiger partial charge < -0.3 is 5.32 Å². The molecule has 1 heterocycles. The van der Waals surface area contributed by atoms with E-state index in [4.69, 9.17) is 0 Å². The molecule has 126 valence electrons. The van der Waals surface area contributed by atoms with E-state index in [1.54, 1.807) is 0 Å². The van der Waals surface area contributed by atoms with E-state index in [-0.39, 0.29) is 12.5 Å². The number of benzene rings is 1. The lowest BCUT2D eigenvalue weighted by atomic mass is 9.92. The maximum atomic E-state index is 12.0. The number of hydrogen-bond donors (Lipinski definition) is 2. The Morgan fingerprint density at radius 2 is 1.78 bits per heavy atom. The predicted molar refractivity (Wildman–Crippen MR) is 92.5 cm³/mol. The normalized spacial score (nSPS) is 21.7. The molecule has 1 saturated heterocycles. The predicted octanol–water partition coefficient (Wildman–Crippen LogP) is 2.93.